The van der Waals surface area contributed by atoms with Crippen molar-refractivity contribution >= 4 is 52.2 Å². The van der Waals surface area contributed by atoms with E-state index < -0.39 is 0 Å². The second kappa shape index (κ2) is 9.54. The Labute approximate surface area is 193 Å². The van der Waals surface area contributed by atoms with Crippen molar-refractivity contribution in [3.05, 3.63) is 72.3 Å². The fourth-order valence-electron chi connectivity index (χ4n) is 4.55. The van der Waals surface area contributed by atoms with E-state index in [1.807, 2.05) is 22.7 Å². The van der Waals surface area contributed by atoms with Gasteiger partial charge < -0.3 is 0 Å². The van der Waals surface area contributed by atoms with Crippen LogP contribution in [0.15, 0.2) is 66.7 Å². The number of aryl methyl sites for hydroxylation is 1. The molecule has 0 unspecified atom stereocenters. The van der Waals surface area contributed by atoms with E-state index in [2.05, 4.69) is 73.7 Å². The number of benzene rings is 3. The molecule has 158 valence electrons. The summed E-state index contributed by atoms with van der Waals surface area (Å²) in [7, 11) is 0. The highest BCUT2D eigenvalue weighted by Gasteiger charge is 2.13. The lowest BCUT2D eigenvalue weighted by molar-refractivity contribution is 0.589. The monoisotopic (exact) mass is 442 g/mol. The molecule has 0 amide bonds. The van der Waals surface area contributed by atoms with Gasteiger partial charge in [0.15, 0.2) is 0 Å². The van der Waals surface area contributed by atoms with Crippen LogP contribution in [0.5, 0.6) is 0 Å². The topological polar surface area (TPSA) is 0 Å². The van der Waals surface area contributed by atoms with Crippen molar-refractivity contribution in [2.45, 2.75) is 58.3 Å². The molecule has 0 aliphatic heterocycles. The first kappa shape index (κ1) is 20.7. The van der Waals surface area contributed by atoms with Crippen molar-refractivity contribution in [1.29, 1.82) is 0 Å². The van der Waals surface area contributed by atoms with Gasteiger partial charge in [-0.05, 0) is 41.7 Å². The number of unbranched alkanes of at least 4 members (excludes halogenated alkanes) is 6. The number of rotatable bonds is 9. The van der Waals surface area contributed by atoms with Gasteiger partial charge in [-0.2, -0.15) is 0 Å². The van der Waals surface area contributed by atoms with E-state index >= 15 is 0 Å². The molecule has 2 heterocycles. The number of hydrogen-bond donors (Lipinski definition) is 0. The van der Waals surface area contributed by atoms with Crippen LogP contribution in [-0.2, 0) is 6.42 Å². The molecule has 0 radical (unpaired) electrons. The molecule has 0 N–H and O–H groups in total. The zero-order valence-corrected chi connectivity index (χ0v) is 20.0. The molecule has 0 bridgehead atoms. The highest BCUT2D eigenvalue weighted by molar-refractivity contribution is 7.36. The molecule has 0 fully saturated rings. The van der Waals surface area contributed by atoms with Crippen LogP contribution in [0.2, 0.25) is 0 Å². The van der Waals surface area contributed by atoms with Gasteiger partial charge in [0.25, 0.3) is 0 Å². The minimum Gasteiger partial charge on any atom is -0.134 e. The molecular formula is C29H30S2. The molecular weight excluding hydrogens is 412 g/mol. The molecule has 0 saturated heterocycles. The van der Waals surface area contributed by atoms with Crippen molar-refractivity contribution in [2.75, 3.05) is 0 Å². The van der Waals surface area contributed by atoms with Gasteiger partial charge in [-0.3, -0.25) is 0 Å². The lowest BCUT2D eigenvalue weighted by atomic mass is 10.0. The van der Waals surface area contributed by atoms with Gasteiger partial charge in [-0.25, -0.2) is 0 Å². The van der Waals surface area contributed by atoms with E-state index in [9.17, 15) is 0 Å². The van der Waals surface area contributed by atoms with Gasteiger partial charge in [0.05, 0.1) is 9.40 Å². The summed E-state index contributed by atoms with van der Waals surface area (Å²) in [6.07, 6.45) is 10.9. The Bertz CT molecular complexity index is 1290. The maximum Gasteiger partial charge on any atom is 0.0542 e. The predicted molar refractivity (Wildman–Crippen MR) is 142 cm³/mol. The quantitative estimate of drug-likeness (QED) is 0.199. The van der Waals surface area contributed by atoms with E-state index in [0.717, 1.165) is 0 Å². The molecule has 2 aromatic heterocycles. The lowest BCUT2D eigenvalue weighted by Crippen LogP contribution is -1.86. The van der Waals surface area contributed by atoms with E-state index in [-0.39, 0.29) is 0 Å². The van der Waals surface area contributed by atoms with Crippen LogP contribution in [0.3, 0.4) is 0 Å². The number of thiophene rings is 2. The number of fused-ring (bicyclic) bond motifs is 5. The minimum atomic E-state index is 1.22. The third-order valence-electron chi connectivity index (χ3n) is 6.32. The fourth-order valence-corrected chi connectivity index (χ4v) is 7.31. The third kappa shape index (κ3) is 4.42. The second-order valence-corrected chi connectivity index (χ2v) is 10.7. The molecule has 0 aliphatic carbocycles. The number of hydrogen-bond acceptors (Lipinski definition) is 2. The van der Waals surface area contributed by atoms with Crippen LogP contribution < -0.4 is 0 Å². The standard InChI is InChI=1S/C29H30S2/c1-2-3-4-5-6-7-9-12-21-15-17-24-26(19-21)30-29-25-18-16-23(20-27(25)31-28(24)29)22-13-10-8-11-14-22/h8,10-11,13-20H,2-7,9,12H2,1H3. The van der Waals surface area contributed by atoms with Crippen LogP contribution in [0.4, 0.5) is 0 Å². The van der Waals surface area contributed by atoms with Crippen LogP contribution in [0.25, 0.3) is 40.7 Å². The molecule has 5 aromatic rings. The summed E-state index contributed by atoms with van der Waals surface area (Å²) in [4.78, 5) is 0. The Balaban J connectivity index is 1.35. The highest BCUT2D eigenvalue weighted by Crippen LogP contribution is 2.45. The largest absolute Gasteiger partial charge is 0.134 e. The molecule has 0 atom stereocenters. The first-order valence-electron chi connectivity index (χ1n) is 11.8. The molecule has 31 heavy (non-hydrogen) atoms. The molecule has 0 nitrogen and oxygen atoms in total. The van der Waals surface area contributed by atoms with Crippen molar-refractivity contribution in [3.8, 4) is 11.1 Å². The van der Waals surface area contributed by atoms with Gasteiger partial charge >= 0.3 is 0 Å². The van der Waals surface area contributed by atoms with Crippen LogP contribution >= 0.6 is 22.7 Å². The normalized spacial score (nSPS) is 11.8. The molecule has 0 saturated carbocycles. The molecule has 5 rings (SSSR count). The summed E-state index contributed by atoms with van der Waals surface area (Å²) in [5.41, 5.74) is 4.11. The van der Waals surface area contributed by atoms with Crippen molar-refractivity contribution in [2.24, 2.45) is 0 Å². The maximum absolute atomic E-state index is 2.45. The second-order valence-electron chi connectivity index (χ2n) is 8.64. The van der Waals surface area contributed by atoms with Crippen LogP contribution in [-0.4, -0.2) is 0 Å². The highest BCUT2D eigenvalue weighted by atomic mass is 32.1. The zero-order chi connectivity index (χ0) is 21.0. The first-order valence-corrected chi connectivity index (χ1v) is 13.4. The first-order chi connectivity index (χ1) is 15.3. The molecule has 3 aromatic carbocycles. The zero-order valence-electron chi connectivity index (χ0n) is 18.3. The summed E-state index contributed by atoms with van der Waals surface area (Å²) in [6, 6.07) is 24.9. The third-order valence-corrected chi connectivity index (χ3v) is 8.82. The Kier molecular flexibility index (Phi) is 6.38. The maximum atomic E-state index is 2.45. The molecule has 2 heteroatoms. The van der Waals surface area contributed by atoms with Crippen LogP contribution in [0, 0.1) is 0 Å². The van der Waals surface area contributed by atoms with Gasteiger partial charge in [0.2, 0.25) is 0 Å². The fraction of sp³-hybridized carbons (Fsp3) is 0.310. The van der Waals surface area contributed by atoms with E-state index in [0.29, 0.717) is 0 Å². The van der Waals surface area contributed by atoms with E-state index in [4.69, 9.17) is 0 Å². The van der Waals surface area contributed by atoms with Crippen molar-refractivity contribution < 1.29 is 0 Å². The predicted octanol–water partition coefficient (Wildman–Crippen LogP) is 10.2. The average Bonchev–Trinajstić information content (AvgIpc) is 3.34. The molecule has 0 spiro atoms. The average molecular weight is 443 g/mol. The van der Waals surface area contributed by atoms with E-state index in [1.165, 1.54) is 97.6 Å². The SMILES string of the molecule is CCCCCCCCCc1ccc2c(c1)sc1c3ccc(-c4ccccc4)cc3sc21. The Morgan fingerprint density at radius 1 is 0.581 bits per heavy atom. The van der Waals surface area contributed by atoms with Gasteiger partial charge in [-0.15, -0.1) is 22.7 Å². The van der Waals surface area contributed by atoms with Gasteiger partial charge in [0.1, 0.15) is 0 Å². The summed E-state index contributed by atoms with van der Waals surface area (Å²) < 4.78 is 5.78. The smallest absolute Gasteiger partial charge is 0.0542 e. The lowest BCUT2D eigenvalue weighted by Gasteiger charge is -2.03. The Morgan fingerprint density at radius 3 is 1.97 bits per heavy atom. The van der Waals surface area contributed by atoms with Gasteiger partial charge in [0, 0.05) is 20.2 Å². The van der Waals surface area contributed by atoms with E-state index in [1.54, 1.807) is 0 Å². The van der Waals surface area contributed by atoms with Crippen molar-refractivity contribution in [3.63, 3.8) is 0 Å². The summed E-state index contributed by atoms with van der Waals surface area (Å²) in [6.45, 7) is 2.29. The summed E-state index contributed by atoms with van der Waals surface area (Å²) in [5.74, 6) is 0. The Hall–Kier alpha value is -2.16. The van der Waals surface area contributed by atoms with Crippen LogP contribution in [0.1, 0.15) is 57.4 Å². The Morgan fingerprint density at radius 2 is 1.23 bits per heavy atom. The van der Waals surface area contributed by atoms with Crippen molar-refractivity contribution in [1.82, 2.24) is 0 Å². The minimum absolute atomic E-state index is 1.22. The molecule has 0 aliphatic rings. The van der Waals surface area contributed by atoms with Gasteiger partial charge in [-0.1, -0.05) is 100 Å². The summed E-state index contributed by atoms with van der Waals surface area (Å²) in [5, 5.41) is 2.85. The summed E-state index contributed by atoms with van der Waals surface area (Å²) >= 11 is 3.93.